The quantitative estimate of drug-likeness (QED) is 0.843. The van der Waals surface area contributed by atoms with Crippen molar-refractivity contribution in [1.82, 2.24) is 4.90 Å². The van der Waals surface area contributed by atoms with Gasteiger partial charge in [-0.2, -0.15) is 0 Å². The van der Waals surface area contributed by atoms with Crippen molar-refractivity contribution < 1.29 is 4.79 Å². The molecule has 20 heavy (non-hydrogen) atoms. The standard InChI is InChI=1S/C16H23ClN2O/c1-12(2)19(13-8-4-3-5-9-13)16(20)18-15-11-7-6-10-14(15)17/h6-7,10-13H,3-5,8-9H2,1-2H3,(H,18,20). The smallest absolute Gasteiger partial charge is 0.319 e. The molecule has 1 N–H and O–H groups in total. The number of nitrogens with one attached hydrogen (secondary N) is 1. The Bertz CT molecular complexity index is 456. The van der Waals surface area contributed by atoms with Crippen LogP contribution in [0.25, 0.3) is 0 Å². The monoisotopic (exact) mass is 294 g/mol. The van der Waals surface area contributed by atoms with E-state index in [1.165, 1.54) is 19.3 Å². The molecule has 110 valence electrons. The summed E-state index contributed by atoms with van der Waals surface area (Å²) in [6.07, 6.45) is 5.93. The van der Waals surface area contributed by atoms with Crippen molar-refractivity contribution >= 4 is 23.3 Å². The summed E-state index contributed by atoms with van der Waals surface area (Å²) in [4.78, 5) is 14.5. The molecule has 4 heteroatoms. The maximum atomic E-state index is 12.6. The second kappa shape index (κ2) is 6.98. The molecule has 0 heterocycles. The fourth-order valence-corrected chi connectivity index (χ4v) is 3.11. The van der Waals surface area contributed by atoms with Crippen LogP contribution in [0.5, 0.6) is 0 Å². The van der Waals surface area contributed by atoms with E-state index in [1.807, 2.05) is 23.1 Å². The average molecular weight is 295 g/mol. The van der Waals surface area contributed by atoms with Crippen LogP contribution >= 0.6 is 11.6 Å². The van der Waals surface area contributed by atoms with Crippen LogP contribution < -0.4 is 5.32 Å². The summed E-state index contributed by atoms with van der Waals surface area (Å²) >= 11 is 6.11. The SMILES string of the molecule is CC(C)N(C(=O)Nc1ccccc1Cl)C1CCCCC1. The van der Waals surface area contributed by atoms with E-state index in [0.717, 1.165) is 12.8 Å². The Morgan fingerprint density at radius 2 is 1.90 bits per heavy atom. The van der Waals surface area contributed by atoms with Gasteiger partial charge >= 0.3 is 6.03 Å². The van der Waals surface area contributed by atoms with Crippen molar-refractivity contribution in [1.29, 1.82) is 0 Å². The predicted octanol–water partition coefficient (Wildman–Crippen LogP) is 4.92. The number of rotatable bonds is 3. The first-order valence-corrected chi connectivity index (χ1v) is 7.81. The maximum Gasteiger partial charge on any atom is 0.322 e. The number of para-hydroxylation sites is 1. The Hall–Kier alpha value is -1.22. The summed E-state index contributed by atoms with van der Waals surface area (Å²) in [5.41, 5.74) is 0.681. The van der Waals surface area contributed by atoms with Crippen LogP contribution in [-0.4, -0.2) is 23.0 Å². The van der Waals surface area contributed by atoms with Crippen molar-refractivity contribution in [3.63, 3.8) is 0 Å². The highest BCUT2D eigenvalue weighted by Crippen LogP contribution is 2.26. The van der Waals surface area contributed by atoms with Gasteiger partial charge in [-0.05, 0) is 38.8 Å². The number of benzene rings is 1. The topological polar surface area (TPSA) is 32.3 Å². The molecule has 2 rings (SSSR count). The van der Waals surface area contributed by atoms with Gasteiger partial charge in [-0.25, -0.2) is 4.79 Å². The lowest BCUT2D eigenvalue weighted by Crippen LogP contribution is -2.47. The Morgan fingerprint density at radius 3 is 2.50 bits per heavy atom. The van der Waals surface area contributed by atoms with Crippen LogP contribution in [0.1, 0.15) is 46.0 Å². The van der Waals surface area contributed by atoms with Crippen LogP contribution in [0.2, 0.25) is 5.02 Å². The van der Waals surface area contributed by atoms with E-state index in [0.29, 0.717) is 16.8 Å². The number of amides is 2. The molecule has 0 radical (unpaired) electrons. The molecule has 1 saturated carbocycles. The number of urea groups is 1. The zero-order valence-corrected chi connectivity index (χ0v) is 13.0. The molecule has 0 unspecified atom stereocenters. The number of anilines is 1. The van der Waals surface area contributed by atoms with Crippen molar-refractivity contribution in [3.8, 4) is 0 Å². The molecule has 0 bridgehead atoms. The third-order valence-electron chi connectivity index (χ3n) is 3.87. The molecular weight excluding hydrogens is 272 g/mol. The molecule has 1 aromatic carbocycles. The van der Waals surface area contributed by atoms with Gasteiger partial charge in [-0.1, -0.05) is 43.0 Å². The van der Waals surface area contributed by atoms with E-state index in [1.54, 1.807) is 6.07 Å². The second-order valence-electron chi connectivity index (χ2n) is 5.70. The van der Waals surface area contributed by atoms with Crippen LogP contribution in [-0.2, 0) is 0 Å². The lowest BCUT2D eigenvalue weighted by atomic mass is 9.93. The van der Waals surface area contributed by atoms with Gasteiger partial charge in [-0.3, -0.25) is 0 Å². The number of halogens is 1. The summed E-state index contributed by atoms with van der Waals surface area (Å²) in [6.45, 7) is 4.14. The molecule has 0 aromatic heterocycles. The lowest BCUT2D eigenvalue weighted by Gasteiger charge is -2.37. The molecule has 2 amide bonds. The maximum absolute atomic E-state index is 12.6. The van der Waals surface area contributed by atoms with E-state index in [4.69, 9.17) is 11.6 Å². The van der Waals surface area contributed by atoms with Crippen LogP contribution in [0.3, 0.4) is 0 Å². The highest BCUT2D eigenvalue weighted by Gasteiger charge is 2.27. The van der Waals surface area contributed by atoms with Gasteiger partial charge in [0, 0.05) is 12.1 Å². The highest BCUT2D eigenvalue weighted by molar-refractivity contribution is 6.33. The summed E-state index contributed by atoms with van der Waals surface area (Å²) in [6, 6.07) is 7.87. The normalized spacial score (nSPS) is 16.2. The molecule has 3 nitrogen and oxygen atoms in total. The van der Waals surface area contributed by atoms with Crippen LogP contribution in [0.15, 0.2) is 24.3 Å². The van der Waals surface area contributed by atoms with Crippen molar-refractivity contribution in [2.24, 2.45) is 0 Å². The first-order chi connectivity index (χ1) is 9.59. The van der Waals surface area contributed by atoms with E-state index in [9.17, 15) is 4.79 Å². The van der Waals surface area contributed by atoms with Gasteiger partial charge in [-0.15, -0.1) is 0 Å². The fraction of sp³-hybridized carbons (Fsp3) is 0.562. The second-order valence-corrected chi connectivity index (χ2v) is 6.11. The van der Waals surface area contributed by atoms with E-state index >= 15 is 0 Å². The molecule has 1 aromatic rings. The minimum Gasteiger partial charge on any atom is -0.319 e. The summed E-state index contributed by atoms with van der Waals surface area (Å²) < 4.78 is 0. The fourth-order valence-electron chi connectivity index (χ4n) is 2.92. The lowest BCUT2D eigenvalue weighted by molar-refractivity contribution is 0.145. The molecule has 0 atom stereocenters. The van der Waals surface area contributed by atoms with E-state index in [2.05, 4.69) is 19.2 Å². The van der Waals surface area contributed by atoms with Gasteiger partial charge < -0.3 is 10.2 Å². The van der Waals surface area contributed by atoms with Gasteiger partial charge in [0.25, 0.3) is 0 Å². The van der Waals surface area contributed by atoms with Crippen molar-refractivity contribution in [2.75, 3.05) is 5.32 Å². The Labute approximate surface area is 126 Å². The van der Waals surface area contributed by atoms with E-state index < -0.39 is 0 Å². The number of carbonyl (C=O) groups excluding carboxylic acids is 1. The van der Waals surface area contributed by atoms with Gasteiger partial charge in [0.05, 0.1) is 10.7 Å². The summed E-state index contributed by atoms with van der Waals surface area (Å²) in [5, 5.41) is 3.52. The summed E-state index contributed by atoms with van der Waals surface area (Å²) in [5.74, 6) is 0. The molecular formula is C16H23ClN2O. The molecule has 0 saturated heterocycles. The first-order valence-electron chi connectivity index (χ1n) is 7.43. The highest BCUT2D eigenvalue weighted by atomic mass is 35.5. The molecule has 1 aliphatic rings. The zero-order chi connectivity index (χ0) is 14.5. The molecule has 1 fully saturated rings. The van der Waals surface area contributed by atoms with E-state index in [-0.39, 0.29) is 12.1 Å². The zero-order valence-electron chi connectivity index (χ0n) is 12.2. The van der Waals surface area contributed by atoms with Crippen molar-refractivity contribution in [2.45, 2.75) is 58.0 Å². The minimum absolute atomic E-state index is 0.0417. The van der Waals surface area contributed by atoms with Crippen LogP contribution in [0.4, 0.5) is 10.5 Å². The minimum atomic E-state index is -0.0417. The third kappa shape index (κ3) is 3.66. The first kappa shape index (κ1) is 15.2. The summed E-state index contributed by atoms with van der Waals surface area (Å²) in [7, 11) is 0. The number of carbonyl (C=O) groups is 1. The largest absolute Gasteiger partial charge is 0.322 e. The number of nitrogens with zero attached hydrogens (tertiary/aromatic N) is 1. The number of hydrogen-bond donors (Lipinski definition) is 1. The Kier molecular flexibility index (Phi) is 5.30. The number of hydrogen-bond acceptors (Lipinski definition) is 1. The predicted molar refractivity (Wildman–Crippen MR) is 84.3 cm³/mol. The molecule has 0 aliphatic heterocycles. The van der Waals surface area contributed by atoms with Crippen LogP contribution in [0, 0.1) is 0 Å². The molecule has 1 aliphatic carbocycles. The Morgan fingerprint density at radius 1 is 1.25 bits per heavy atom. The van der Waals surface area contributed by atoms with Crippen molar-refractivity contribution in [3.05, 3.63) is 29.3 Å². The van der Waals surface area contributed by atoms with Gasteiger partial charge in [0.1, 0.15) is 0 Å². The third-order valence-corrected chi connectivity index (χ3v) is 4.20. The van der Waals surface area contributed by atoms with Gasteiger partial charge in [0.2, 0.25) is 0 Å². The Balaban J connectivity index is 2.09. The van der Waals surface area contributed by atoms with Gasteiger partial charge in [0.15, 0.2) is 0 Å². The average Bonchev–Trinajstić information content (AvgIpc) is 2.42. The molecule has 0 spiro atoms.